The minimum atomic E-state index is -0.0727. The van der Waals surface area contributed by atoms with E-state index in [-0.39, 0.29) is 11.8 Å². The van der Waals surface area contributed by atoms with Crippen molar-refractivity contribution in [3.05, 3.63) is 42.2 Å². The number of aromatic nitrogens is 3. The lowest BCUT2D eigenvalue weighted by Gasteiger charge is -2.06. The summed E-state index contributed by atoms with van der Waals surface area (Å²) in [7, 11) is 0. The molecule has 2 aromatic heterocycles. The lowest BCUT2D eigenvalue weighted by Crippen LogP contribution is -2.18. The maximum absolute atomic E-state index is 11.5. The van der Waals surface area contributed by atoms with Gasteiger partial charge in [-0.2, -0.15) is 0 Å². The first-order chi connectivity index (χ1) is 9.65. The van der Waals surface area contributed by atoms with E-state index >= 15 is 0 Å². The maximum atomic E-state index is 11.5. The molecular weight excluding hydrogens is 272 g/mol. The standard InChI is InChI=1S/C14H16N4OS/c1-10(2)14(19)16-12-5-6-13(18-17-12)20-9-11-4-3-7-15-8-11/h3-8,10H,9H2,1-2H3,(H,16,17,19). The largest absolute Gasteiger partial charge is 0.309 e. The zero-order valence-corrected chi connectivity index (χ0v) is 12.2. The van der Waals surface area contributed by atoms with Crippen LogP contribution in [0.3, 0.4) is 0 Å². The van der Waals surface area contributed by atoms with Gasteiger partial charge >= 0.3 is 0 Å². The summed E-state index contributed by atoms with van der Waals surface area (Å²) in [5, 5.41) is 11.6. The quantitative estimate of drug-likeness (QED) is 0.857. The number of hydrogen-bond acceptors (Lipinski definition) is 5. The Morgan fingerprint density at radius 1 is 1.30 bits per heavy atom. The Balaban J connectivity index is 1.90. The highest BCUT2D eigenvalue weighted by Gasteiger charge is 2.08. The number of thioether (sulfide) groups is 1. The summed E-state index contributed by atoms with van der Waals surface area (Å²) < 4.78 is 0. The van der Waals surface area contributed by atoms with Gasteiger partial charge in [0.15, 0.2) is 5.82 Å². The number of amides is 1. The molecule has 0 bridgehead atoms. The number of carbonyl (C=O) groups is 1. The molecule has 0 fully saturated rings. The van der Waals surface area contributed by atoms with Crippen molar-refractivity contribution in [2.75, 3.05) is 5.32 Å². The number of rotatable bonds is 5. The topological polar surface area (TPSA) is 67.8 Å². The van der Waals surface area contributed by atoms with Crippen molar-refractivity contribution >= 4 is 23.5 Å². The lowest BCUT2D eigenvalue weighted by molar-refractivity contribution is -0.118. The molecular formula is C14H16N4OS. The monoisotopic (exact) mass is 288 g/mol. The van der Waals surface area contributed by atoms with Crippen molar-refractivity contribution < 1.29 is 4.79 Å². The van der Waals surface area contributed by atoms with E-state index in [9.17, 15) is 4.79 Å². The summed E-state index contributed by atoms with van der Waals surface area (Å²) in [6.45, 7) is 3.67. The van der Waals surface area contributed by atoms with Crippen LogP contribution in [0.4, 0.5) is 5.82 Å². The Hall–Kier alpha value is -1.95. The van der Waals surface area contributed by atoms with Crippen molar-refractivity contribution in [3.8, 4) is 0 Å². The highest BCUT2D eigenvalue weighted by molar-refractivity contribution is 7.98. The molecule has 1 N–H and O–H groups in total. The van der Waals surface area contributed by atoms with E-state index in [0.717, 1.165) is 16.3 Å². The minimum absolute atomic E-state index is 0.0601. The van der Waals surface area contributed by atoms with E-state index in [1.54, 1.807) is 24.0 Å². The van der Waals surface area contributed by atoms with Crippen LogP contribution >= 0.6 is 11.8 Å². The normalized spacial score (nSPS) is 10.6. The second kappa shape index (κ2) is 7.00. The second-order valence-electron chi connectivity index (χ2n) is 4.55. The van der Waals surface area contributed by atoms with Crippen LogP contribution in [0.2, 0.25) is 0 Å². The van der Waals surface area contributed by atoms with Crippen LogP contribution in [0.15, 0.2) is 41.7 Å². The van der Waals surface area contributed by atoms with Gasteiger partial charge in [0.1, 0.15) is 5.03 Å². The fourth-order valence-corrected chi connectivity index (χ4v) is 2.12. The summed E-state index contributed by atoms with van der Waals surface area (Å²) >= 11 is 1.58. The van der Waals surface area contributed by atoms with Crippen LogP contribution in [0.1, 0.15) is 19.4 Å². The first-order valence-electron chi connectivity index (χ1n) is 6.31. The zero-order valence-electron chi connectivity index (χ0n) is 11.4. The third kappa shape index (κ3) is 4.31. The molecule has 0 saturated carbocycles. The Bertz CT molecular complexity index is 557. The van der Waals surface area contributed by atoms with Crippen LogP contribution in [0, 0.1) is 5.92 Å². The summed E-state index contributed by atoms with van der Waals surface area (Å²) in [5.41, 5.74) is 1.14. The van der Waals surface area contributed by atoms with Gasteiger partial charge in [0, 0.05) is 24.1 Å². The molecule has 5 nitrogen and oxygen atoms in total. The number of carbonyl (C=O) groups excluding carboxylic acids is 1. The van der Waals surface area contributed by atoms with Gasteiger partial charge < -0.3 is 5.32 Å². The van der Waals surface area contributed by atoms with Gasteiger partial charge in [-0.15, -0.1) is 10.2 Å². The predicted octanol–water partition coefficient (Wildman–Crippen LogP) is 2.76. The number of nitrogens with one attached hydrogen (secondary N) is 1. The van der Waals surface area contributed by atoms with Gasteiger partial charge in [0.05, 0.1) is 0 Å². The molecule has 0 saturated heterocycles. The molecule has 6 heteroatoms. The van der Waals surface area contributed by atoms with E-state index in [0.29, 0.717) is 5.82 Å². The molecule has 0 atom stereocenters. The highest BCUT2D eigenvalue weighted by Crippen LogP contribution is 2.20. The smallest absolute Gasteiger partial charge is 0.228 e. The summed E-state index contributed by atoms with van der Waals surface area (Å²) in [6.07, 6.45) is 3.58. The van der Waals surface area contributed by atoms with Crippen molar-refractivity contribution in [1.29, 1.82) is 0 Å². The Morgan fingerprint density at radius 3 is 2.75 bits per heavy atom. The van der Waals surface area contributed by atoms with E-state index in [2.05, 4.69) is 20.5 Å². The molecule has 0 aliphatic carbocycles. The van der Waals surface area contributed by atoms with Crippen LogP contribution in [0.5, 0.6) is 0 Å². The predicted molar refractivity (Wildman–Crippen MR) is 79.3 cm³/mol. The molecule has 0 radical (unpaired) electrons. The molecule has 0 spiro atoms. The van der Waals surface area contributed by atoms with Crippen molar-refractivity contribution in [2.24, 2.45) is 5.92 Å². The van der Waals surface area contributed by atoms with Crippen LogP contribution in [-0.2, 0) is 10.5 Å². The van der Waals surface area contributed by atoms with E-state index < -0.39 is 0 Å². The Kier molecular flexibility index (Phi) is 5.06. The molecule has 2 aromatic rings. The average molecular weight is 288 g/mol. The molecule has 0 aliphatic heterocycles. The minimum Gasteiger partial charge on any atom is -0.309 e. The Morgan fingerprint density at radius 2 is 2.15 bits per heavy atom. The van der Waals surface area contributed by atoms with E-state index in [1.807, 2.05) is 38.2 Å². The number of hydrogen-bond donors (Lipinski definition) is 1. The van der Waals surface area contributed by atoms with Crippen molar-refractivity contribution in [1.82, 2.24) is 15.2 Å². The SMILES string of the molecule is CC(C)C(=O)Nc1ccc(SCc2cccnc2)nn1. The Labute approximate surface area is 122 Å². The molecule has 2 heterocycles. The van der Waals surface area contributed by atoms with Gasteiger partial charge in [-0.1, -0.05) is 31.7 Å². The molecule has 0 unspecified atom stereocenters. The molecule has 1 amide bonds. The van der Waals surface area contributed by atoms with Gasteiger partial charge in [0.25, 0.3) is 0 Å². The summed E-state index contributed by atoms with van der Waals surface area (Å²) in [4.78, 5) is 15.6. The van der Waals surface area contributed by atoms with Gasteiger partial charge in [-0.05, 0) is 23.8 Å². The van der Waals surface area contributed by atoms with E-state index in [4.69, 9.17) is 0 Å². The van der Waals surface area contributed by atoms with Gasteiger partial charge in [-0.25, -0.2) is 0 Å². The first kappa shape index (κ1) is 14.5. The summed E-state index contributed by atoms with van der Waals surface area (Å²) in [5.74, 6) is 1.14. The molecule has 2 rings (SSSR count). The number of nitrogens with zero attached hydrogens (tertiary/aromatic N) is 3. The molecule has 20 heavy (non-hydrogen) atoms. The maximum Gasteiger partial charge on any atom is 0.228 e. The van der Waals surface area contributed by atoms with Crippen LogP contribution in [-0.4, -0.2) is 21.1 Å². The molecule has 104 valence electrons. The third-order valence-electron chi connectivity index (χ3n) is 2.53. The fraction of sp³-hybridized carbons (Fsp3) is 0.286. The van der Waals surface area contributed by atoms with Gasteiger partial charge in [-0.3, -0.25) is 9.78 Å². The third-order valence-corrected chi connectivity index (χ3v) is 3.52. The van der Waals surface area contributed by atoms with Crippen LogP contribution < -0.4 is 5.32 Å². The lowest BCUT2D eigenvalue weighted by atomic mass is 10.2. The average Bonchev–Trinajstić information content (AvgIpc) is 2.47. The van der Waals surface area contributed by atoms with E-state index in [1.165, 1.54) is 0 Å². The van der Waals surface area contributed by atoms with Crippen molar-refractivity contribution in [3.63, 3.8) is 0 Å². The highest BCUT2D eigenvalue weighted by atomic mass is 32.2. The molecule has 0 aromatic carbocycles. The van der Waals surface area contributed by atoms with Crippen LogP contribution in [0.25, 0.3) is 0 Å². The van der Waals surface area contributed by atoms with Crippen molar-refractivity contribution in [2.45, 2.75) is 24.6 Å². The fourth-order valence-electron chi connectivity index (χ4n) is 1.38. The number of anilines is 1. The first-order valence-corrected chi connectivity index (χ1v) is 7.30. The second-order valence-corrected chi connectivity index (χ2v) is 5.55. The van der Waals surface area contributed by atoms with Gasteiger partial charge in [0.2, 0.25) is 5.91 Å². The summed E-state index contributed by atoms with van der Waals surface area (Å²) in [6, 6.07) is 7.54. The zero-order chi connectivity index (χ0) is 14.4. The number of pyridine rings is 1. The molecule has 0 aliphatic rings.